The van der Waals surface area contributed by atoms with Crippen molar-refractivity contribution in [2.75, 3.05) is 0 Å². The van der Waals surface area contributed by atoms with E-state index in [-0.39, 0.29) is 23.7 Å². The molecule has 6 rings (SSSR count). The predicted molar refractivity (Wildman–Crippen MR) is 143 cm³/mol. The van der Waals surface area contributed by atoms with Gasteiger partial charge in [0.05, 0.1) is 11.2 Å². The van der Waals surface area contributed by atoms with Crippen LogP contribution in [0.25, 0.3) is 33.0 Å². The minimum Gasteiger partial charge on any atom is -0.399 e. The van der Waals surface area contributed by atoms with Crippen molar-refractivity contribution in [3.63, 3.8) is 0 Å². The highest BCUT2D eigenvalue weighted by Crippen LogP contribution is 2.49. The van der Waals surface area contributed by atoms with E-state index < -0.39 is 0 Å². The first-order valence-corrected chi connectivity index (χ1v) is 12.2. The van der Waals surface area contributed by atoms with Gasteiger partial charge in [-0.1, -0.05) is 86.6 Å². The van der Waals surface area contributed by atoms with Gasteiger partial charge in [0.15, 0.2) is 0 Å². The summed E-state index contributed by atoms with van der Waals surface area (Å²) in [6.07, 6.45) is 0. The molecule has 4 aromatic carbocycles. The summed E-state index contributed by atoms with van der Waals surface area (Å²) in [6.45, 7) is 13.1. The average Bonchev–Trinajstić information content (AvgIpc) is 3.18. The molecule has 0 N–H and O–H groups in total. The maximum absolute atomic E-state index is 6.40. The van der Waals surface area contributed by atoms with Gasteiger partial charge in [-0.15, -0.1) is 0 Å². The smallest absolute Gasteiger partial charge is 0.399 e. The molecule has 34 heavy (non-hydrogen) atoms. The normalized spacial score (nSPS) is 19.3. The summed E-state index contributed by atoms with van der Waals surface area (Å²) < 4.78 is 12.8. The zero-order chi connectivity index (χ0) is 23.9. The van der Waals surface area contributed by atoms with Gasteiger partial charge in [-0.2, -0.15) is 0 Å². The van der Waals surface area contributed by atoms with E-state index in [2.05, 4.69) is 120 Å². The Morgan fingerprint density at radius 3 is 1.91 bits per heavy atom. The van der Waals surface area contributed by atoms with Crippen molar-refractivity contribution in [3.05, 3.63) is 90.0 Å². The summed E-state index contributed by atoms with van der Waals surface area (Å²) in [6, 6.07) is 28.8. The fraction of sp³-hybridized carbons (Fsp3) is 0.290. The third-order valence-corrected chi connectivity index (χ3v) is 8.36. The van der Waals surface area contributed by atoms with Gasteiger partial charge in [-0.3, -0.25) is 0 Å². The first-order valence-electron chi connectivity index (χ1n) is 12.2. The van der Waals surface area contributed by atoms with Crippen LogP contribution >= 0.6 is 0 Å². The van der Waals surface area contributed by atoms with Crippen molar-refractivity contribution in [1.82, 2.24) is 0 Å². The summed E-state index contributed by atoms with van der Waals surface area (Å²) in [7, 11) is -0.378. The van der Waals surface area contributed by atoms with E-state index in [1.54, 1.807) is 0 Å². The van der Waals surface area contributed by atoms with E-state index in [0.29, 0.717) is 0 Å². The number of hydrogen-bond donors (Lipinski definition) is 0. The van der Waals surface area contributed by atoms with E-state index in [1.807, 2.05) is 0 Å². The van der Waals surface area contributed by atoms with Crippen LogP contribution in [0.15, 0.2) is 78.9 Å². The highest BCUT2D eigenvalue weighted by Gasteiger charge is 2.52. The van der Waals surface area contributed by atoms with Gasteiger partial charge in [0, 0.05) is 5.41 Å². The number of rotatable bonds is 2. The average molecular weight is 446 g/mol. The summed E-state index contributed by atoms with van der Waals surface area (Å²) in [5.41, 5.74) is 8.36. The molecule has 1 heterocycles. The van der Waals surface area contributed by atoms with Gasteiger partial charge in [-0.05, 0) is 83.4 Å². The van der Waals surface area contributed by atoms with Crippen molar-refractivity contribution >= 4 is 23.4 Å². The summed E-state index contributed by atoms with van der Waals surface area (Å²) in [5.74, 6) is 0. The molecule has 0 aromatic heterocycles. The van der Waals surface area contributed by atoms with Crippen molar-refractivity contribution < 1.29 is 9.31 Å². The van der Waals surface area contributed by atoms with E-state index in [0.717, 1.165) is 5.46 Å². The lowest BCUT2D eigenvalue weighted by Gasteiger charge is -2.32. The second kappa shape index (κ2) is 7.07. The molecule has 0 radical (unpaired) electrons. The van der Waals surface area contributed by atoms with Crippen LogP contribution in [-0.4, -0.2) is 18.3 Å². The van der Waals surface area contributed by atoms with Gasteiger partial charge < -0.3 is 9.31 Å². The molecule has 4 aromatic rings. The Hall–Kier alpha value is -2.88. The molecular formula is C31H31BO2. The highest BCUT2D eigenvalue weighted by atomic mass is 16.7. The first kappa shape index (κ1) is 21.6. The Labute approximate surface area is 203 Å². The SMILES string of the molecule is CC1(C)c2ccccc2-c2cc(-c3ccc(B4OC(C)(C)C(C)(C)O4)c4ccccc34)ccc21. The Balaban J connectivity index is 1.50. The molecule has 1 aliphatic heterocycles. The lowest BCUT2D eigenvalue weighted by molar-refractivity contribution is 0.00578. The van der Waals surface area contributed by atoms with E-state index in [1.165, 1.54) is 44.2 Å². The van der Waals surface area contributed by atoms with Crippen molar-refractivity contribution in [3.8, 4) is 22.3 Å². The standard InChI is InChI=1S/C31H31BO2/c1-29(2)26-14-10-9-12-23(26)25-19-20(15-17-27(25)29)21-16-18-28(24-13-8-7-11-22(21)24)32-33-30(3,4)31(5,6)34-32/h7-19H,1-6H3. The quantitative estimate of drug-likeness (QED) is 0.306. The molecule has 1 saturated heterocycles. The van der Waals surface area contributed by atoms with Crippen LogP contribution in [0.3, 0.4) is 0 Å². The summed E-state index contributed by atoms with van der Waals surface area (Å²) in [4.78, 5) is 0. The molecule has 170 valence electrons. The highest BCUT2D eigenvalue weighted by molar-refractivity contribution is 6.65. The molecule has 0 amide bonds. The Kier molecular flexibility index (Phi) is 4.50. The maximum Gasteiger partial charge on any atom is 0.495 e. The minimum absolute atomic E-state index is 0.0210. The molecule has 0 spiro atoms. The summed E-state index contributed by atoms with van der Waals surface area (Å²) in [5, 5.41) is 2.40. The van der Waals surface area contributed by atoms with Gasteiger partial charge in [0.2, 0.25) is 0 Å². The third kappa shape index (κ3) is 2.97. The Bertz CT molecular complexity index is 1430. The molecule has 1 aliphatic carbocycles. The molecule has 0 saturated carbocycles. The van der Waals surface area contributed by atoms with Crippen molar-refractivity contribution in [1.29, 1.82) is 0 Å². The van der Waals surface area contributed by atoms with Gasteiger partial charge in [0.1, 0.15) is 0 Å². The molecule has 0 atom stereocenters. The fourth-order valence-corrected chi connectivity index (χ4v) is 5.64. The molecule has 2 aliphatic rings. The largest absolute Gasteiger partial charge is 0.495 e. The van der Waals surface area contributed by atoms with Crippen LogP contribution in [0.2, 0.25) is 0 Å². The Morgan fingerprint density at radius 2 is 1.18 bits per heavy atom. The number of hydrogen-bond acceptors (Lipinski definition) is 2. The van der Waals surface area contributed by atoms with Gasteiger partial charge in [-0.25, -0.2) is 0 Å². The molecule has 1 fully saturated rings. The van der Waals surface area contributed by atoms with Gasteiger partial charge >= 0.3 is 7.12 Å². The number of fused-ring (bicyclic) bond motifs is 4. The lowest BCUT2D eigenvalue weighted by Crippen LogP contribution is -2.41. The van der Waals surface area contributed by atoms with Gasteiger partial charge in [0.25, 0.3) is 0 Å². The molecule has 0 unspecified atom stereocenters. The van der Waals surface area contributed by atoms with Crippen LogP contribution in [0.1, 0.15) is 52.7 Å². The minimum atomic E-state index is -0.378. The second-order valence-corrected chi connectivity index (χ2v) is 11.3. The molecule has 0 bridgehead atoms. The van der Waals surface area contributed by atoms with Crippen LogP contribution in [0.4, 0.5) is 0 Å². The lowest BCUT2D eigenvalue weighted by atomic mass is 9.75. The zero-order valence-corrected chi connectivity index (χ0v) is 20.9. The molecule has 3 heteroatoms. The fourth-order valence-electron chi connectivity index (χ4n) is 5.64. The second-order valence-electron chi connectivity index (χ2n) is 11.3. The van der Waals surface area contributed by atoms with Crippen LogP contribution < -0.4 is 5.46 Å². The van der Waals surface area contributed by atoms with Crippen LogP contribution in [0.5, 0.6) is 0 Å². The molecule has 2 nitrogen and oxygen atoms in total. The monoisotopic (exact) mass is 446 g/mol. The van der Waals surface area contributed by atoms with Crippen molar-refractivity contribution in [2.45, 2.75) is 58.2 Å². The first-order chi connectivity index (χ1) is 16.1. The van der Waals surface area contributed by atoms with E-state index >= 15 is 0 Å². The van der Waals surface area contributed by atoms with E-state index in [4.69, 9.17) is 9.31 Å². The summed E-state index contributed by atoms with van der Waals surface area (Å²) >= 11 is 0. The maximum atomic E-state index is 6.40. The topological polar surface area (TPSA) is 18.5 Å². The molecular weight excluding hydrogens is 415 g/mol. The zero-order valence-electron chi connectivity index (χ0n) is 20.9. The Morgan fingerprint density at radius 1 is 0.559 bits per heavy atom. The number of benzene rings is 4. The van der Waals surface area contributed by atoms with E-state index in [9.17, 15) is 0 Å². The third-order valence-electron chi connectivity index (χ3n) is 8.36. The van der Waals surface area contributed by atoms with Crippen LogP contribution in [-0.2, 0) is 14.7 Å². The van der Waals surface area contributed by atoms with Crippen LogP contribution in [0, 0.1) is 0 Å². The van der Waals surface area contributed by atoms with Crippen molar-refractivity contribution in [2.24, 2.45) is 0 Å². The predicted octanol–water partition coefficient (Wildman–Crippen LogP) is 7.11.